The Morgan fingerprint density at radius 1 is 1.31 bits per heavy atom. The van der Waals surface area contributed by atoms with Crippen LogP contribution in [0.15, 0.2) is 23.1 Å². The molecule has 0 aliphatic rings. The second kappa shape index (κ2) is 3.95. The maximum absolute atomic E-state index is 11.9. The maximum Gasteiger partial charge on any atom is 0.446 e. The van der Waals surface area contributed by atoms with Gasteiger partial charge in [-0.15, -0.1) is 0 Å². The summed E-state index contributed by atoms with van der Waals surface area (Å²) in [6, 6.07) is 4.24. The molecule has 1 nitrogen and oxygen atoms in total. The Morgan fingerprint density at radius 3 is 2.38 bits per heavy atom. The topological polar surface area (TPSA) is 26.0 Å². The van der Waals surface area contributed by atoms with Crippen molar-refractivity contribution in [2.75, 3.05) is 5.73 Å². The molecule has 0 radical (unpaired) electrons. The number of nitrogen functional groups attached to an aromatic ring is 1. The zero-order chi connectivity index (χ0) is 10.1. The van der Waals surface area contributed by atoms with Crippen LogP contribution in [-0.2, 0) is 0 Å². The third-order valence-corrected chi connectivity index (χ3v) is 2.86. The van der Waals surface area contributed by atoms with Crippen molar-refractivity contribution in [3.63, 3.8) is 0 Å². The maximum atomic E-state index is 11.9. The number of rotatable bonds is 1. The second-order valence-corrected chi connectivity index (χ2v) is 4.53. The Bertz CT molecular complexity index is 313. The number of nitrogens with two attached hydrogens (primary N) is 1. The van der Waals surface area contributed by atoms with E-state index in [1.165, 1.54) is 18.2 Å². The fraction of sp³-hybridized carbons (Fsp3) is 0.143. The van der Waals surface area contributed by atoms with Gasteiger partial charge in [-0.25, -0.2) is 0 Å². The molecule has 0 aromatic heterocycles. The molecular weight excluding hydrogens is 314 g/mol. The van der Waals surface area contributed by atoms with Crippen LogP contribution < -0.4 is 5.73 Å². The van der Waals surface area contributed by atoms with Crippen molar-refractivity contribution < 1.29 is 13.2 Å². The van der Waals surface area contributed by atoms with E-state index in [4.69, 9.17) is 5.73 Å². The van der Waals surface area contributed by atoms with Gasteiger partial charge in [-0.2, -0.15) is 13.2 Å². The van der Waals surface area contributed by atoms with Crippen LogP contribution in [0.5, 0.6) is 0 Å². The van der Waals surface area contributed by atoms with Crippen LogP contribution >= 0.6 is 34.4 Å². The summed E-state index contributed by atoms with van der Waals surface area (Å²) in [5, 5.41) is 0. The number of halogens is 4. The van der Waals surface area contributed by atoms with E-state index in [2.05, 4.69) is 0 Å². The normalized spacial score (nSPS) is 11.7. The Kier molecular flexibility index (Phi) is 3.33. The van der Waals surface area contributed by atoms with E-state index in [0.29, 0.717) is 9.26 Å². The van der Waals surface area contributed by atoms with E-state index >= 15 is 0 Å². The fourth-order valence-corrected chi connectivity index (χ4v) is 2.01. The quantitative estimate of drug-likeness (QED) is 0.487. The van der Waals surface area contributed by atoms with Gasteiger partial charge < -0.3 is 5.73 Å². The largest absolute Gasteiger partial charge is 0.446 e. The zero-order valence-electron chi connectivity index (χ0n) is 6.23. The number of benzene rings is 1. The SMILES string of the molecule is Nc1ccc(SC(F)(F)F)cc1I. The summed E-state index contributed by atoms with van der Waals surface area (Å²) in [7, 11) is 0. The number of hydrogen-bond acceptors (Lipinski definition) is 2. The van der Waals surface area contributed by atoms with E-state index in [0.717, 1.165) is 0 Å². The molecule has 0 amide bonds. The van der Waals surface area contributed by atoms with Crippen molar-refractivity contribution in [1.82, 2.24) is 0 Å². The Labute approximate surface area is 91.0 Å². The lowest BCUT2D eigenvalue weighted by molar-refractivity contribution is -0.0328. The van der Waals surface area contributed by atoms with Gasteiger partial charge in [-0.05, 0) is 52.6 Å². The molecule has 0 aliphatic heterocycles. The molecule has 0 spiro atoms. The molecule has 0 heterocycles. The minimum absolute atomic E-state index is 0.137. The first-order valence-corrected chi connectivity index (χ1v) is 5.09. The van der Waals surface area contributed by atoms with Crippen molar-refractivity contribution in [1.29, 1.82) is 0 Å². The molecule has 0 saturated carbocycles. The number of alkyl halides is 3. The van der Waals surface area contributed by atoms with Gasteiger partial charge in [-0.3, -0.25) is 0 Å². The standard InChI is InChI=1S/C7H5F3INS/c8-7(9,10)13-4-1-2-6(12)5(11)3-4/h1-3H,12H2. The molecule has 13 heavy (non-hydrogen) atoms. The van der Waals surface area contributed by atoms with Gasteiger partial charge in [0.1, 0.15) is 0 Å². The van der Waals surface area contributed by atoms with Crippen LogP contribution in [0.1, 0.15) is 0 Å². The van der Waals surface area contributed by atoms with Crippen LogP contribution in [0.3, 0.4) is 0 Å². The first-order chi connectivity index (χ1) is 5.88. The molecule has 0 fully saturated rings. The van der Waals surface area contributed by atoms with Gasteiger partial charge >= 0.3 is 5.51 Å². The van der Waals surface area contributed by atoms with E-state index in [9.17, 15) is 13.2 Å². The lowest BCUT2D eigenvalue weighted by atomic mass is 10.3. The van der Waals surface area contributed by atoms with Crippen LogP contribution in [0, 0.1) is 3.57 Å². The molecule has 1 aromatic carbocycles. The monoisotopic (exact) mass is 319 g/mol. The minimum Gasteiger partial charge on any atom is -0.398 e. The van der Waals surface area contributed by atoms with Crippen LogP contribution in [0.2, 0.25) is 0 Å². The van der Waals surface area contributed by atoms with Crippen molar-refractivity contribution in [3.8, 4) is 0 Å². The molecule has 2 N–H and O–H groups in total. The first-order valence-electron chi connectivity index (χ1n) is 3.19. The average Bonchev–Trinajstić information content (AvgIpc) is 1.94. The van der Waals surface area contributed by atoms with Crippen LogP contribution in [-0.4, -0.2) is 5.51 Å². The summed E-state index contributed by atoms with van der Waals surface area (Å²) in [6.07, 6.45) is 0. The minimum atomic E-state index is -4.24. The second-order valence-electron chi connectivity index (χ2n) is 2.23. The number of anilines is 1. The lowest BCUT2D eigenvalue weighted by Crippen LogP contribution is -1.99. The van der Waals surface area contributed by atoms with Crippen molar-refractivity contribution in [2.24, 2.45) is 0 Å². The highest BCUT2D eigenvalue weighted by Crippen LogP contribution is 2.37. The third kappa shape index (κ3) is 3.63. The summed E-state index contributed by atoms with van der Waals surface area (Å²) in [4.78, 5) is 0.158. The Balaban J connectivity index is 2.86. The summed E-state index contributed by atoms with van der Waals surface area (Å²) < 4.78 is 36.3. The smallest absolute Gasteiger partial charge is 0.398 e. The Morgan fingerprint density at radius 2 is 1.92 bits per heavy atom. The molecule has 0 saturated heterocycles. The molecule has 1 rings (SSSR count). The third-order valence-electron chi connectivity index (χ3n) is 1.21. The summed E-state index contributed by atoms with van der Waals surface area (Å²) in [5.41, 5.74) is 1.71. The summed E-state index contributed by atoms with van der Waals surface area (Å²) in [6.45, 7) is 0. The molecule has 6 heteroatoms. The molecule has 0 unspecified atom stereocenters. The predicted molar refractivity (Wildman–Crippen MR) is 55.5 cm³/mol. The molecule has 0 aliphatic carbocycles. The number of thioether (sulfide) groups is 1. The van der Waals surface area contributed by atoms with Gasteiger partial charge in [0.2, 0.25) is 0 Å². The molecule has 72 valence electrons. The predicted octanol–water partition coefficient (Wildman–Crippen LogP) is 3.49. The van der Waals surface area contributed by atoms with Crippen molar-refractivity contribution in [2.45, 2.75) is 10.4 Å². The van der Waals surface area contributed by atoms with Crippen LogP contribution in [0.4, 0.5) is 18.9 Å². The fourth-order valence-electron chi connectivity index (χ4n) is 0.705. The molecular formula is C7H5F3INS. The summed E-state index contributed by atoms with van der Waals surface area (Å²) >= 11 is 1.76. The van der Waals surface area contributed by atoms with Crippen LogP contribution in [0.25, 0.3) is 0 Å². The van der Waals surface area contributed by atoms with Gasteiger partial charge in [-0.1, -0.05) is 0 Å². The van der Waals surface area contributed by atoms with Gasteiger partial charge in [0.25, 0.3) is 0 Å². The highest BCUT2D eigenvalue weighted by Gasteiger charge is 2.29. The number of hydrogen-bond donors (Lipinski definition) is 1. The average molecular weight is 319 g/mol. The molecule has 0 bridgehead atoms. The van der Waals surface area contributed by atoms with Crippen molar-refractivity contribution in [3.05, 3.63) is 21.8 Å². The Hall–Kier alpha value is -0.110. The highest BCUT2D eigenvalue weighted by atomic mass is 127. The highest BCUT2D eigenvalue weighted by molar-refractivity contribution is 14.1. The molecule has 0 atom stereocenters. The first kappa shape index (κ1) is 11.0. The van der Waals surface area contributed by atoms with E-state index in [1.54, 1.807) is 0 Å². The van der Waals surface area contributed by atoms with Gasteiger partial charge in [0.05, 0.1) is 0 Å². The summed E-state index contributed by atoms with van der Waals surface area (Å²) in [5.74, 6) is 0. The molecule has 1 aromatic rings. The van der Waals surface area contributed by atoms with Crippen molar-refractivity contribution >= 4 is 40.0 Å². The van der Waals surface area contributed by atoms with Gasteiger partial charge in [0, 0.05) is 14.2 Å². The lowest BCUT2D eigenvalue weighted by Gasteiger charge is -2.06. The van der Waals surface area contributed by atoms with E-state index in [-0.39, 0.29) is 16.7 Å². The zero-order valence-corrected chi connectivity index (χ0v) is 9.20. The van der Waals surface area contributed by atoms with E-state index < -0.39 is 5.51 Å². The van der Waals surface area contributed by atoms with Gasteiger partial charge in [0.15, 0.2) is 0 Å². The van der Waals surface area contributed by atoms with E-state index in [1.807, 2.05) is 22.6 Å².